The molecule has 1 nitrogen and oxygen atoms in total. The fourth-order valence-electron chi connectivity index (χ4n) is 0.658. The summed E-state index contributed by atoms with van der Waals surface area (Å²) in [5.41, 5.74) is -0.946. The maximum Gasteiger partial charge on any atom is 0.303 e. The monoisotopic (exact) mass is 150 g/mol. The van der Waals surface area contributed by atoms with Crippen LogP contribution in [-0.2, 0) is 4.79 Å². The molecule has 0 atom stereocenters. The number of rotatable bonds is 1. The molecule has 0 aliphatic carbocycles. The highest BCUT2D eigenvalue weighted by Gasteiger charge is 2.39. The van der Waals surface area contributed by atoms with Crippen molar-refractivity contribution in [1.82, 2.24) is 0 Å². The summed E-state index contributed by atoms with van der Waals surface area (Å²) in [5, 5.41) is 0. The van der Waals surface area contributed by atoms with E-state index in [0.717, 1.165) is 0 Å². The second-order valence-corrected chi connectivity index (χ2v) is 3.47. The van der Waals surface area contributed by atoms with Crippen LogP contribution in [0.4, 0.5) is 8.78 Å². The fraction of sp³-hybridized carbons (Fsp3) is 0.857. The third-order valence-electron chi connectivity index (χ3n) is 1.08. The van der Waals surface area contributed by atoms with Gasteiger partial charge in [-0.15, -0.1) is 0 Å². The van der Waals surface area contributed by atoms with Crippen LogP contribution in [0.15, 0.2) is 0 Å². The van der Waals surface area contributed by atoms with Crippen molar-refractivity contribution in [2.24, 2.45) is 5.41 Å². The summed E-state index contributed by atoms with van der Waals surface area (Å²) in [6.45, 7) is 5.06. The Bertz CT molecular complexity index is 123. The molecule has 0 bridgehead atoms. The van der Waals surface area contributed by atoms with Crippen molar-refractivity contribution in [1.29, 1.82) is 0 Å². The highest BCUT2D eigenvalue weighted by atomic mass is 19.3. The molecule has 0 aromatic heterocycles. The third kappa shape index (κ3) is 2.42. The molecular weight excluding hydrogens is 138 g/mol. The number of ketones is 1. The van der Waals surface area contributed by atoms with Crippen molar-refractivity contribution in [3.8, 4) is 0 Å². The molecule has 0 saturated carbocycles. The van der Waals surface area contributed by atoms with Gasteiger partial charge in [-0.05, 0) is 0 Å². The summed E-state index contributed by atoms with van der Waals surface area (Å²) in [6.07, 6.45) is 0. The Kier molecular flexibility index (Phi) is 2.18. The second kappa shape index (κ2) is 2.29. The number of hydrogen-bond donors (Lipinski definition) is 0. The Balaban J connectivity index is 4.40. The van der Waals surface area contributed by atoms with Crippen molar-refractivity contribution >= 4 is 5.78 Å². The lowest BCUT2D eigenvalue weighted by Crippen LogP contribution is -2.35. The van der Waals surface area contributed by atoms with Crippen molar-refractivity contribution in [3.63, 3.8) is 0 Å². The van der Waals surface area contributed by atoms with Gasteiger partial charge in [0.25, 0.3) is 0 Å². The van der Waals surface area contributed by atoms with Gasteiger partial charge < -0.3 is 0 Å². The van der Waals surface area contributed by atoms with E-state index in [-0.39, 0.29) is 0 Å². The standard InChI is InChI=1S/C7H12F2O/c1-6(2,3)5(10)7(4,8)9/h1-4H3. The van der Waals surface area contributed by atoms with Crippen LogP contribution in [0.2, 0.25) is 0 Å². The summed E-state index contributed by atoms with van der Waals surface area (Å²) >= 11 is 0. The average molecular weight is 150 g/mol. The lowest BCUT2D eigenvalue weighted by Gasteiger charge is -2.20. The predicted molar refractivity (Wildman–Crippen MR) is 35.1 cm³/mol. The maximum absolute atomic E-state index is 12.3. The number of hydrogen-bond acceptors (Lipinski definition) is 1. The Labute approximate surface area is 59.4 Å². The second-order valence-electron chi connectivity index (χ2n) is 3.47. The smallest absolute Gasteiger partial charge is 0.292 e. The van der Waals surface area contributed by atoms with E-state index >= 15 is 0 Å². The Morgan fingerprint density at radius 3 is 1.40 bits per heavy atom. The molecule has 0 aromatic rings. The first-order valence-electron chi connectivity index (χ1n) is 3.08. The fourth-order valence-corrected chi connectivity index (χ4v) is 0.658. The molecule has 0 heterocycles. The number of alkyl halides is 2. The van der Waals surface area contributed by atoms with Crippen LogP contribution in [-0.4, -0.2) is 11.7 Å². The summed E-state index contributed by atoms with van der Waals surface area (Å²) < 4.78 is 24.5. The van der Waals surface area contributed by atoms with Gasteiger partial charge in [-0.1, -0.05) is 20.8 Å². The van der Waals surface area contributed by atoms with Crippen LogP contribution in [0.3, 0.4) is 0 Å². The molecule has 0 saturated heterocycles. The van der Waals surface area contributed by atoms with E-state index in [0.29, 0.717) is 6.92 Å². The molecule has 10 heavy (non-hydrogen) atoms. The van der Waals surface area contributed by atoms with Crippen LogP contribution in [0.1, 0.15) is 27.7 Å². The van der Waals surface area contributed by atoms with Crippen LogP contribution in [0, 0.1) is 5.41 Å². The molecule has 60 valence electrons. The first-order chi connectivity index (χ1) is 4.15. The van der Waals surface area contributed by atoms with Crippen molar-refractivity contribution in [3.05, 3.63) is 0 Å². The van der Waals surface area contributed by atoms with Crippen molar-refractivity contribution < 1.29 is 13.6 Å². The molecule has 0 spiro atoms. The van der Waals surface area contributed by atoms with Crippen LogP contribution in [0.25, 0.3) is 0 Å². The molecule has 0 aliphatic heterocycles. The lowest BCUT2D eigenvalue weighted by molar-refractivity contribution is -0.149. The normalized spacial score (nSPS) is 13.4. The zero-order chi connectivity index (χ0) is 8.58. The third-order valence-corrected chi connectivity index (χ3v) is 1.08. The minimum absolute atomic E-state index is 0.626. The van der Waals surface area contributed by atoms with E-state index in [1.54, 1.807) is 0 Å². The minimum Gasteiger partial charge on any atom is -0.292 e. The van der Waals surface area contributed by atoms with Gasteiger partial charge in [0.1, 0.15) is 0 Å². The highest BCUT2D eigenvalue weighted by molar-refractivity contribution is 5.89. The number of carbonyl (C=O) groups excluding carboxylic acids is 1. The first kappa shape index (κ1) is 9.53. The lowest BCUT2D eigenvalue weighted by atomic mass is 9.88. The summed E-state index contributed by atoms with van der Waals surface area (Å²) in [7, 11) is 0. The van der Waals surface area contributed by atoms with E-state index in [4.69, 9.17) is 0 Å². The summed E-state index contributed by atoms with van der Waals surface area (Å²) in [6, 6.07) is 0. The predicted octanol–water partition coefficient (Wildman–Crippen LogP) is 2.26. The van der Waals surface area contributed by atoms with E-state index in [1.165, 1.54) is 20.8 Å². The van der Waals surface area contributed by atoms with Gasteiger partial charge in [0, 0.05) is 12.3 Å². The highest BCUT2D eigenvalue weighted by Crippen LogP contribution is 2.26. The van der Waals surface area contributed by atoms with E-state index < -0.39 is 17.1 Å². The average Bonchev–Trinajstić information content (AvgIpc) is 1.59. The molecule has 0 unspecified atom stereocenters. The minimum atomic E-state index is -3.20. The first-order valence-corrected chi connectivity index (χ1v) is 3.08. The largest absolute Gasteiger partial charge is 0.303 e. The van der Waals surface area contributed by atoms with Gasteiger partial charge in [-0.25, -0.2) is 0 Å². The molecule has 0 N–H and O–H groups in total. The molecular formula is C7H12F2O. The van der Waals surface area contributed by atoms with E-state index in [2.05, 4.69) is 0 Å². The van der Waals surface area contributed by atoms with E-state index in [1.807, 2.05) is 0 Å². The van der Waals surface area contributed by atoms with Gasteiger partial charge in [-0.2, -0.15) is 8.78 Å². The number of Topliss-reactive ketones (excluding diaryl/α,β-unsaturated/α-hetero) is 1. The van der Waals surface area contributed by atoms with E-state index in [9.17, 15) is 13.6 Å². The molecule has 0 aromatic carbocycles. The van der Waals surface area contributed by atoms with Gasteiger partial charge >= 0.3 is 5.92 Å². The molecule has 3 heteroatoms. The molecule has 0 aliphatic rings. The van der Waals surface area contributed by atoms with Gasteiger partial charge in [0.05, 0.1) is 0 Å². The molecule has 0 radical (unpaired) electrons. The van der Waals surface area contributed by atoms with Crippen LogP contribution < -0.4 is 0 Å². The Morgan fingerprint density at radius 1 is 1.10 bits per heavy atom. The van der Waals surface area contributed by atoms with Crippen molar-refractivity contribution in [2.45, 2.75) is 33.6 Å². The SMILES string of the molecule is CC(C)(C)C(=O)C(C)(F)F. The molecule has 0 rings (SSSR count). The zero-order valence-corrected chi connectivity index (χ0v) is 6.66. The maximum atomic E-state index is 12.3. The number of carbonyl (C=O) groups is 1. The van der Waals surface area contributed by atoms with Gasteiger partial charge in [0.15, 0.2) is 0 Å². The van der Waals surface area contributed by atoms with Gasteiger partial charge in [-0.3, -0.25) is 4.79 Å². The van der Waals surface area contributed by atoms with Gasteiger partial charge in [0.2, 0.25) is 5.78 Å². The summed E-state index contributed by atoms with van der Waals surface area (Å²) in [5.74, 6) is -4.21. The van der Waals surface area contributed by atoms with Crippen molar-refractivity contribution in [2.75, 3.05) is 0 Å². The van der Waals surface area contributed by atoms with Crippen LogP contribution in [0.5, 0.6) is 0 Å². The Hall–Kier alpha value is -0.470. The molecule has 0 fully saturated rings. The topological polar surface area (TPSA) is 17.1 Å². The quantitative estimate of drug-likeness (QED) is 0.560. The molecule has 0 amide bonds. The van der Waals surface area contributed by atoms with Crippen LogP contribution >= 0.6 is 0 Å². The zero-order valence-electron chi connectivity index (χ0n) is 6.66. The number of halogens is 2. The summed E-state index contributed by atoms with van der Waals surface area (Å²) in [4.78, 5) is 10.7. The Morgan fingerprint density at radius 2 is 1.40 bits per heavy atom.